The molecule has 162 valence electrons. The topological polar surface area (TPSA) is 25.4 Å². The minimum Gasteiger partial charge on any atom is -0.341 e. The van der Waals surface area contributed by atoms with Gasteiger partial charge in [0.15, 0.2) is 5.72 Å². The molecular formula is C27H32N2OS. The number of ether oxygens (including phenoxy) is 1. The molecule has 2 aromatic carbocycles. The Labute approximate surface area is 189 Å². The van der Waals surface area contributed by atoms with E-state index in [1.807, 2.05) is 11.3 Å². The number of benzene rings is 2. The van der Waals surface area contributed by atoms with Gasteiger partial charge in [-0.3, -0.25) is 0 Å². The molecule has 3 aliphatic rings. The van der Waals surface area contributed by atoms with Crippen LogP contribution in [0.2, 0.25) is 0 Å². The van der Waals surface area contributed by atoms with E-state index in [0.29, 0.717) is 5.92 Å². The number of anilines is 1. The molecule has 3 aromatic rings. The summed E-state index contributed by atoms with van der Waals surface area (Å²) < 4.78 is 8.23. The molecule has 3 nitrogen and oxygen atoms in total. The summed E-state index contributed by atoms with van der Waals surface area (Å²) in [6, 6.07) is 13.5. The van der Waals surface area contributed by atoms with E-state index < -0.39 is 5.72 Å². The van der Waals surface area contributed by atoms with Gasteiger partial charge in [-0.2, -0.15) is 0 Å². The Morgan fingerprint density at radius 2 is 1.81 bits per heavy atom. The smallest absolute Gasteiger partial charge is 0.165 e. The number of thiazole rings is 1. The predicted octanol–water partition coefficient (Wildman–Crippen LogP) is 7.09. The fourth-order valence-corrected chi connectivity index (χ4v) is 7.31. The van der Waals surface area contributed by atoms with Crippen molar-refractivity contribution in [3.8, 4) is 0 Å². The van der Waals surface area contributed by atoms with Gasteiger partial charge >= 0.3 is 0 Å². The van der Waals surface area contributed by atoms with Crippen LogP contribution in [-0.4, -0.2) is 11.5 Å². The molecular weight excluding hydrogens is 400 g/mol. The largest absolute Gasteiger partial charge is 0.341 e. The minimum atomic E-state index is -0.438. The van der Waals surface area contributed by atoms with Gasteiger partial charge in [0.25, 0.3) is 0 Å². The third-order valence-electron chi connectivity index (χ3n) is 7.92. The van der Waals surface area contributed by atoms with Crippen molar-refractivity contribution >= 4 is 27.2 Å². The average Bonchev–Trinajstić information content (AvgIpc) is 3.16. The number of aromatic nitrogens is 1. The molecule has 0 N–H and O–H groups in total. The van der Waals surface area contributed by atoms with Crippen LogP contribution in [0.4, 0.5) is 5.69 Å². The molecule has 0 bridgehead atoms. The Morgan fingerprint density at radius 3 is 2.61 bits per heavy atom. The monoisotopic (exact) mass is 432 g/mol. The SMILES string of the molecule is CC1(C)OC2(C)c3ccccc3CCN2c2cc3sc([C@H]4CC[C@H](C)CC4)nc3cc21. The lowest BCUT2D eigenvalue weighted by atomic mass is 9.83. The summed E-state index contributed by atoms with van der Waals surface area (Å²) in [6.07, 6.45) is 6.31. The highest BCUT2D eigenvalue weighted by molar-refractivity contribution is 7.18. The lowest BCUT2D eigenvalue weighted by Crippen LogP contribution is -2.57. The van der Waals surface area contributed by atoms with Crippen LogP contribution in [0.15, 0.2) is 36.4 Å². The maximum atomic E-state index is 6.90. The van der Waals surface area contributed by atoms with Gasteiger partial charge in [-0.15, -0.1) is 11.3 Å². The van der Waals surface area contributed by atoms with Crippen LogP contribution in [0, 0.1) is 5.92 Å². The van der Waals surface area contributed by atoms with E-state index in [4.69, 9.17) is 9.72 Å². The van der Waals surface area contributed by atoms with Crippen LogP contribution in [0.1, 0.15) is 81.0 Å². The molecule has 31 heavy (non-hydrogen) atoms. The van der Waals surface area contributed by atoms with Crippen molar-refractivity contribution in [1.29, 1.82) is 0 Å². The van der Waals surface area contributed by atoms with Gasteiger partial charge in [0.05, 0.1) is 20.8 Å². The standard InChI is InChI=1S/C27H32N2OS/c1-17-9-11-19(12-10-17)25-28-22-15-21-23(16-24(22)31-25)29-14-13-18-7-5-6-8-20(18)27(29,4)30-26(21,2)3/h5-8,15-17,19H,9-14H2,1-4H3/t17-,19-,27?. The van der Waals surface area contributed by atoms with Crippen LogP contribution in [0.3, 0.4) is 0 Å². The maximum absolute atomic E-state index is 6.90. The van der Waals surface area contributed by atoms with Gasteiger partial charge in [-0.05, 0) is 63.6 Å². The Bertz CT molecular complexity index is 1160. The second-order valence-electron chi connectivity index (χ2n) is 10.5. The van der Waals surface area contributed by atoms with Crippen molar-refractivity contribution in [2.24, 2.45) is 5.92 Å². The van der Waals surface area contributed by atoms with Gasteiger partial charge in [0.1, 0.15) is 0 Å². The molecule has 1 aliphatic carbocycles. The predicted molar refractivity (Wildman–Crippen MR) is 129 cm³/mol. The number of fused-ring (bicyclic) bond motifs is 6. The summed E-state index contributed by atoms with van der Waals surface area (Å²) in [6.45, 7) is 10.1. The minimum absolute atomic E-state index is 0.372. The van der Waals surface area contributed by atoms with Crippen LogP contribution >= 0.6 is 11.3 Å². The fraction of sp³-hybridized carbons (Fsp3) is 0.519. The quantitative estimate of drug-likeness (QED) is 0.410. The lowest BCUT2D eigenvalue weighted by molar-refractivity contribution is -0.155. The Balaban J connectivity index is 1.47. The van der Waals surface area contributed by atoms with E-state index >= 15 is 0 Å². The van der Waals surface area contributed by atoms with Crippen molar-refractivity contribution in [2.45, 2.75) is 77.0 Å². The first kappa shape index (κ1) is 19.8. The average molecular weight is 433 g/mol. The zero-order valence-electron chi connectivity index (χ0n) is 19.1. The summed E-state index contributed by atoms with van der Waals surface area (Å²) in [7, 11) is 0. The molecule has 1 atom stereocenters. The first-order chi connectivity index (χ1) is 14.8. The molecule has 0 radical (unpaired) electrons. The lowest BCUT2D eigenvalue weighted by Gasteiger charge is -2.55. The summed E-state index contributed by atoms with van der Waals surface area (Å²) in [4.78, 5) is 7.63. The van der Waals surface area contributed by atoms with Gasteiger partial charge in [0.2, 0.25) is 0 Å². The third kappa shape index (κ3) is 2.98. The molecule has 1 saturated carbocycles. The van der Waals surface area contributed by atoms with Crippen LogP contribution in [0.5, 0.6) is 0 Å². The number of hydrogen-bond donors (Lipinski definition) is 0. The highest BCUT2D eigenvalue weighted by Crippen LogP contribution is 2.52. The van der Waals surface area contributed by atoms with Crippen LogP contribution < -0.4 is 4.90 Å². The maximum Gasteiger partial charge on any atom is 0.165 e. The van der Waals surface area contributed by atoms with Gasteiger partial charge < -0.3 is 9.64 Å². The molecule has 3 heterocycles. The van der Waals surface area contributed by atoms with Crippen molar-refractivity contribution in [1.82, 2.24) is 4.98 Å². The molecule has 0 saturated heterocycles. The molecule has 0 spiro atoms. The second-order valence-corrected chi connectivity index (χ2v) is 11.6. The zero-order valence-corrected chi connectivity index (χ0v) is 19.9. The highest BCUT2D eigenvalue weighted by Gasteiger charge is 2.49. The van der Waals surface area contributed by atoms with E-state index in [0.717, 1.165) is 24.4 Å². The summed E-state index contributed by atoms with van der Waals surface area (Å²) in [5.41, 5.74) is 5.65. The zero-order chi connectivity index (χ0) is 21.4. The molecule has 4 heteroatoms. The van der Waals surface area contributed by atoms with E-state index in [-0.39, 0.29) is 5.60 Å². The third-order valence-corrected chi connectivity index (χ3v) is 9.10. The van der Waals surface area contributed by atoms with Gasteiger partial charge in [0, 0.05) is 29.3 Å². The Hall–Kier alpha value is -1.91. The number of rotatable bonds is 1. The van der Waals surface area contributed by atoms with Crippen molar-refractivity contribution in [3.63, 3.8) is 0 Å². The fourth-order valence-electron chi connectivity index (χ4n) is 6.16. The van der Waals surface area contributed by atoms with Crippen LogP contribution in [-0.2, 0) is 22.5 Å². The second kappa shape index (κ2) is 6.79. The van der Waals surface area contributed by atoms with Gasteiger partial charge in [-0.25, -0.2) is 4.98 Å². The Morgan fingerprint density at radius 1 is 1.03 bits per heavy atom. The highest BCUT2D eigenvalue weighted by atomic mass is 32.1. The molecule has 6 rings (SSSR count). The van der Waals surface area contributed by atoms with Gasteiger partial charge in [-0.1, -0.05) is 44.0 Å². The molecule has 2 aliphatic heterocycles. The summed E-state index contributed by atoms with van der Waals surface area (Å²) in [5, 5.41) is 1.34. The van der Waals surface area contributed by atoms with Crippen molar-refractivity contribution in [3.05, 3.63) is 58.1 Å². The number of nitrogens with zero attached hydrogens (tertiary/aromatic N) is 2. The number of hydrogen-bond acceptors (Lipinski definition) is 4. The molecule has 1 aromatic heterocycles. The Kier molecular flexibility index (Phi) is 4.33. The van der Waals surface area contributed by atoms with Crippen LogP contribution in [0.25, 0.3) is 10.2 Å². The van der Waals surface area contributed by atoms with Crippen molar-refractivity contribution < 1.29 is 4.74 Å². The first-order valence-corrected chi connectivity index (χ1v) is 12.7. The summed E-state index contributed by atoms with van der Waals surface area (Å²) in [5.74, 6) is 1.51. The molecule has 1 unspecified atom stereocenters. The van der Waals surface area contributed by atoms with E-state index in [2.05, 4.69) is 69.0 Å². The van der Waals surface area contributed by atoms with E-state index in [9.17, 15) is 0 Å². The first-order valence-electron chi connectivity index (χ1n) is 11.9. The van der Waals surface area contributed by atoms with Crippen molar-refractivity contribution in [2.75, 3.05) is 11.4 Å². The van der Waals surface area contributed by atoms with E-state index in [1.165, 1.54) is 57.8 Å². The molecule has 1 fully saturated rings. The molecule has 0 amide bonds. The van der Waals surface area contributed by atoms with E-state index in [1.54, 1.807) is 0 Å². The summed E-state index contributed by atoms with van der Waals surface area (Å²) >= 11 is 1.92. The normalized spacial score (nSPS) is 29.4.